The zero-order valence-electron chi connectivity index (χ0n) is 11.0. The molecule has 21 heavy (non-hydrogen) atoms. The summed E-state index contributed by atoms with van der Waals surface area (Å²) in [6.45, 7) is 0.545. The summed E-state index contributed by atoms with van der Waals surface area (Å²) in [7, 11) is 0. The number of anilines is 1. The lowest BCUT2D eigenvalue weighted by atomic mass is 10.1. The van der Waals surface area contributed by atoms with Gasteiger partial charge in [-0.15, -0.1) is 0 Å². The highest BCUT2D eigenvalue weighted by molar-refractivity contribution is 5.70. The van der Waals surface area contributed by atoms with E-state index in [2.05, 4.69) is 10.3 Å². The fourth-order valence-corrected chi connectivity index (χ4v) is 2.64. The minimum Gasteiger partial charge on any atom is -0.378 e. The van der Waals surface area contributed by atoms with E-state index in [1.807, 2.05) is 4.57 Å². The van der Waals surface area contributed by atoms with Gasteiger partial charge in [0.2, 0.25) is 0 Å². The van der Waals surface area contributed by atoms with Gasteiger partial charge in [0.15, 0.2) is 0 Å². The number of hydrogen-bond acceptors (Lipinski definition) is 2. The monoisotopic (exact) mass is 283 g/mol. The summed E-state index contributed by atoms with van der Waals surface area (Å²) >= 11 is 0. The quantitative estimate of drug-likeness (QED) is 0.737. The second-order valence-corrected chi connectivity index (χ2v) is 4.93. The van der Waals surface area contributed by atoms with Gasteiger partial charge in [0.25, 0.3) is 0 Å². The first-order chi connectivity index (χ1) is 10.2. The van der Waals surface area contributed by atoms with E-state index in [0.29, 0.717) is 6.54 Å². The lowest BCUT2D eigenvalue weighted by molar-refractivity contribution is 0.627. The van der Waals surface area contributed by atoms with Crippen molar-refractivity contribution in [1.29, 1.82) is 0 Å². The van der Waals surface area contributed by atoms with E-state index in [0.717, 1.165) is 28.3 Å². The predicted octanol–water partition coefficient (Wildman–Crippen LogP) is 3.74. The summed E-state index contributed by atoms with van der Waals surface area (Å²) in [5.74, 6) is -0.547. The molecule has 0 fully saturated rings. The van der Waals surface area contributed by atoms with E-state index >= 15 is 0 Å². The second-order valence-electron chi connectivity index (χ2n) is 4.93. The Labute approximate surface area is 119 Å². The standard InChI is InChI=1S/C16H11F2N3/c17-11-3-1-10(2-4-11)16-15-8-19-13-7-12(18)5-6-14(13)21(15)9-20-16/h1-7,9,19H,8H2. The number of imidazole rings is 1. The van der Waals surface area contributed by atoms with Crippen LogP contribution in [0.4, 0.5) is 14.5 Å². The second kappa shape index (κ2) is 4.41. The maximum absolute atomic E-state index is 13.3. The fraction of sp³-hybridized carbons (Fsp3) is 0.0625. The molecule has 0 saturated heterocycles. The third-order valence-electron chi connectivity index (χ3n) is 3.65. The van der Waals surface area contributed by atoms with E-state index in [4.69, 9.17) is 0 Å². The van der Waals surface area contributed by atoms with Gasteiger partial charge in [-0.1, -0.05) is 0 Å². The molecule has 0 saturated carbocycles. The first kappa shape index (κ1) is 12.1. The molecule has 1 N–H and O–H groups in total. The van der Waals surface area contributed by atoms with Gasteiger partial charge in [-0.3, -0.25) is 4.57 Å². The molecule has 104 valence electrons. The Bertz CT molecular complexity index is 809. The van der Waals surface area contributed by atoms with Crippen LogP contribution in [0.1, 0.15) is 5.69 Å². The fourth-order valence-electron chi connectivity index (χ4n) is 2.64. The summed E-state index contributed by atoms with van der Waals surface area (Å²) in [5.41, 5.74) is 4.24. The van der Waals surface area contributed by atoms with Crippen LogP contribution in [0.15, 0.2) is 48.8 Å². The van der Waals surface area contributed by atoms with Crippen molar-refractivity contribution in [3.8, 4) is 16.9 Å². The van der Waals surface area contributed by atoms with Crippen LogP contribution in [0.3, 0.4) is 0 Å². The molecular weight excluding hydrogens is 272 g/mol. The zero-order valence-corrected chi connectivity index (χ0v) is 11.0. The number of benzene rings is 2. The Balaban J connectivity index is 1.86. The Morgan fingerprint density at radius 2 is 1.76 bits per heavy atom. The minimum atomic E-state index is -0.274. The highest BCUT2D eigenvalue weighted by Crippen LogP contribution is 2.32. The number of nitrogens with zero attached hydrogens (tertiary/aromatic N) is 2. The van der Waals surface area contributed by atoms with Crippen LogP contribution in [0, 0.1) is 11.6 Å². The van der Waals surface area contributed by atoms with Crippen LogP contribution in [0.5, 0.6) is 0 Å². The van der Waals surface area contributed by atoms with Crippen molar-refractivity contribution >= 4 is 5.69 Å². The number of hydrogen-bond donors (Lipinski definition) is 1. The van der Waals surface area contributed by atoms with Gasteiger partial charge in [0.05, 0.1) is 29.3 Å². The molecule has 0 aliphatic carbocycles. The molecule has 1 aliphatic heterocycles. The van der Waals surface area contributed by atoms with Crippen LogP contribution in [0.2, 0.25) is 0 Å². The number of nitrogens with one attached hydrogen (secondary N) is 1. The molecule has 4 rings (SSSR count). The largest absolute Gasteiger partial charge is 0.378 e. The number of aromatic nitrogens is 2. The molecule has 2 heterocycles. The van der Waals surface area contributed by atoms with E-state index in [1.165, 1.54) is 24.3 Å². The van der Waals surface area contributed by atoms with Crippen LogP contribution in [0.25, 0.3) is 16.9 Å². The van der Waals surface area contributed by atoms with Crippen molar-refractivity contribution in [2.24, 2.45) is 0 Å². The maximum atomic E-state index is 13.3. The molecule has 1 aromatic heterocycles. The lowest BCUT2D eigenvalue weighted by Crippen LogP contribution is -2.15. The van der Waals surface area contributed by atoms with Crippen molar-refractivity contribution in [3.63, 3.8) is 0 Å². The summed E-state index contributed by atoms with van der Waals surface area (Å²) in [6, 6.07) is 10.9. The van der Waals surface area contributed by atoms with E-state index < -0.39 is 0 Å². The van der Waals surface area contributed by atoms with Gasteiger partial charge < -0.3 is 5.32 Å². The highest BCUT2D eigenvalue weighted by Gasteiger charge is 2.20. The number of halogens is 2. The van der Waals surface area contributed by atoms with Crippen LogP contribution in [-0.2, 0) is 6.54 Å². The first-order valence-electron chi connectivity index (χ1n) is 6.58. The third-order valence-corrected chi connectivity index (χ3v) is 3.65. The van der Waals surface area contributed by atoms with Crippen molar-refractivity contribution in [1.82, 2.24) is 9.55 Å². The van der Waals surface area contributed by atoms with Gasteiger partial charge in [-0.25, -0.2) is 13.8 Å². The van der Waals surface area contributed by atoms with Crippen molar-refractivity contribution in [2.45, 2.75) is 6.54 Å². The SMILES string of the molecule is Fc1ccc(-c2ncn3c2CNc2cc(F)ccc2-3)cc1. The summed E-state index contributed by atoms with van der Waals surface area (Å²) < 4.78 is 28.2. The van der Waals surface area contributed by atoms with Crippen LogP contribution < -0.4 is 5.32 Å². The van der Waals surface area contributed by atoms with Gasteiger partial charge in [-0.05, 0) is 42.5 Å². The minimum absolute atomic E-state index is 0.272. The first-order valence-corrected chi connectivity index (χ1v) is 6.58. The average Bonchev–Trinajstić information content (AvgIpc) is 2.92. The van der Waals surface area contributed by atoms with Gasteiger partial charge in [-0.2, -0.15) is 0 Å². The molecule has 5 heteroatoms. The molecule has 0 bridgehead atoms. The molecule has 2 aromatic carbocycles. The molecule has 0 unspecified atom stereocenters. The van der Waals surface area contributed by atoms with Crippen LogP contribution >= 0.6 is 0 Å². The van der Waals surface area contributed by atoms with Crippen molar-refractivity contribution < 1.29 is 8.78 Å². The average molecular weight is 283 g/mol. The summed E-state index contributed by atoms with van der Waals surface area (Å²) in [5, 5.41) is 3.19. The summed E-state index contributed by atoms with van der Waals surface area (Å²) in [4.78, 5) is 4.43. The van der Waals surface area contributed by atoms with E-state index in [-0.39, 0.29) is 11.6 Å². The topological polar surface area (TPSA) is 29.9 Å². The van der Waals surface area contributed by atoms with Gasteiger partial charge >= 0.3 is 0 Å². The van der Waals surface area contributed by atoms with Crippen molar-refractivity contribution in [3.05, 3.63) is 66.1 Å². The lowest BCUT2D eigenvalue weighted by Gasteiger charge is -2.21. The molecule has 0 atom stereocenters. The van der Waals surface area contributed by atoms with Gasteiger partial charge in [0, 0.05) is 5.56 Å². The molecule has 3 nitrogen and oxygen atoms in total. The number of fused-ring (bicyclic) bond motifs is 3. The zero-order chi connectivity index (χ0) is 14.4. The Morgan fingerprint density at radius 1 is 1.00 bits per heavy atom. The Morgan fingerprint density at radius 3 is 2.57 bits per heavy atom. The van der Waals surface area contributed by atoms with Crippen molar-refractivity contribution in [2.75, 3.05) is 5.32 Å². The Kier molecular flexibility index (Phi) is 2.54. The maximum Gasteiger partial charge on any atom is 0.125 e. The summed E-state index contributed by atoms with van der Waals surface area (Å²) in [6.07, 6.45) is 1.71. The normalized spacial score (nSPS) is 12.5. The molecule has 0 radical (unpaired) electrons. The van der Waals surface area contributed by atoms with Crippen LogP contribution in [-0.4, -0.2) is 9.55 Å². The molecular formula is C16H11F2N3. The van der Waals surface area contributed by atoms with E-state index in [1.54, 1.807) is 24.5 Å². The molecule has 1 aliphatic rings. The smallest absolute Gasteiger partial charge is 0.125 e. The molecule has 3 aromatic rings. The molecule has 0 amide bonds. The van der Waals surface area contributed by atoms with Gasteiger partial charge in [0.1, 0.15) is 18.0 Å². The molecule has 0 spiro atoms. The highest BCUT2D eigenvalue weighted by atomic mass is 19.1. The number of rotatable bonds is 1. The Hall–Kier alpha value is -2.69. The predicted molar refractivity (Wildman–Crippen MR) is 76.2 cm³/mol. The third kappa shape index (κ3) is 1.89. The van der Waals surface area contributed by atoms with E-state index in [9.17, 15) is 8.78 Å².